The molecule has 5 aromatic heterocycles. The van der Waals surface area contributed by atoms with Gasteiger partial charge in [0.05, 0.1) is 81.3 Å². The molecule has 0 saturated heterocycles. The number of hydrogen-bond donors (Lipinski definition) is 0. The van der Waals surface area contributed by atoms with Crippen molar-refractivity contribution in [1.82, 2.24) is 22.8 Å². The molecule has 0 amide bonds. The fourth-order valence-electron chi connectivity index (χ4n) is 19.2. The number of aromatic nitrogens is 5. The molecule has 21 rings (SSSR count). The molecule has 21 aromatic rings. The molecule has 16 aromatic carbocycles. The lowest BCUT2D eigenvalue weighted by Crippen LogP contribution is -2.10. The van der Waals surface area contributed by atoms with E-state index in [1.165, 1.54) is 121 Å². The van der Waals surface area contributed by atoms with Crippen LogP contribution in [-0.2, 0) is 52.2 Å². The second-order valence-electron chi connectivity index (χ2n) is 42.3. The number of benzene rings is 16. The van der Waals surface area contributed by atoms with Crippen LogP contribution in [0.2, 0.25) is 0 Å². The number of rotatable bonds is 10. The SMILES string of the molecule is CC(C)(C)c1ccc2c(c1)c1cc(C(C)(C)C)ccc1n2-c1cccc(S(=O)(=O)c2cccc(-n3c4ccc(C(C)(C)C)cc4c4cc(C(C)(C)C)ccc43)c2)c1.CC(C)(C)c1ccc2c(c1)c1cc(C(C)(C)C)ccc1n2-c1cccc(S(=O)(=O)c2ccccc2)c1.[C-]#[N+]c1ccc(-n2c3ccccc3c3cc(-c4ccc5c(c4)c4ccccc4n5-c4ccc(C)cc4)ccc32)cc1. The van der Waals surface area contributed by atoms with Crippen molar-refractivity contribution in [2.45, 2.75) is 184 Å². The molecule has 0 fully saturated rings. The van der Waals surface area contributed by atoms with E-state index in [-0.39, 0.29) is 42.3 Å². The van der Waals surface area contributed by atoms with E-state index in [9.17, 15) is 16.8 Å². The van der Waals surface area contributed by atoms with Crippen LogP contribution in [0, 0.1) is 13.5 Å². The number of sulfone groups is 2. The van der Waals surface area contributed by atoms with Crippen LogP contribution in [0.25, 0.3) is 153 Å². The fraction of sp³-hybridized carbons (Fsp3) is 0.205. The first-order valence-electron chi connectivity index (χ1n) is 46.4. The Morgan fingerprint density at radius 2 is 0.440 bits per heavy atom. The van der Waals surface area contributed by atoms with Gasteiger partial charge in [-0.3, -0.25) is 0 Å². The van der Waals surface area contributed by atoms with Gasteiger partial charge >= 0.3 is 0 Å². The summed E-state index contributed by atoms with van der Waals surface area (Å²) in [5.41, 5.74) is 27.6. The molecule has 0 unspecified atom stereocenters. The molecular formula is C122H114N6O4S2. The van der Waals surface area contributed by atoms with Crippen LogP contribution in [-0.4, -0.2) is 39.7 Å². The van der Waals surface area contributed by atoms with Gasteiger partial charge in [0.25, 0.3) is 0 Å². The number of hydrogen-bond acceptors (Lipinski definition) is 4. The van der Waals surface area contributed by atoms with Gasteiger partial charge in [0, 0.05) is 82.3 Å². The van der Waals surface area contributed by atoms with Crippen LogP contribution >= 0.6 is 0 Å². The van der Waals surface area contributed by atoms with E-state index in [1.807, 2.05) is 78.9 Å². The minimum Gasteiger partial charge on any atom is -0.309 e. The second kappa shape index (κ2) is 33.0. The summed E-state index contributed by atoms with van der Waals surface area (Å²) in [7, 11) is -7.53. The molecule has 134 heavy (non-hydrogen) atoms. The smallest absolute Gasteiger partial charge is 0.206 e. The standard InChI is InChI=1S/C52H56N2O2S.C38H25N3.C32H33NO2S/c1-49(2,3)33-19-23-45-41(27-33)42-28-34(50(4,5)6)20-24-46(42)53(45)37-15-13-17-39(31-37)57(55,56)40-18-14-16-38(32-40)54-47-25-21-35(51(7,8)9)29-43(47)44-30-36(52(10,11)12)22-26-48(44)54;1-25-11-17-29(18-12-25)40-35-9-5-3-7-31(35)33-23-26(13-21-37(33)40)27-14-22-38-34(24-27)32-8-4-6-10-36(32)41(38)30-19-15-28(39-2)16-20-30;1-31(2,3)22-15-17-29-27(19-22)28-20-23(32(4,5)6)16-18-30(28)33(29)24-11-10-14-26(21-24)36(34,35)25-12-8-7-9-13-25/h13-32H,1-12H3;3-24H,1H3;7-21H,1-6H3. The molecule has 12 heteroatoms. The zero-order chi connectivity index (χ0) is 94.4. The summed E-state index contributed by atoms with van der Waals surface area (Å²) in [6.07, 6.45) is 0. The number of aryl methyl sites for hydroxylation is 1. The van der Waals surface area contributed by atoms with E-state index in [0.717, 1.165) is 66.9 Å². The summed E-state index contributed by atoms with van der Waals surface area (Å²) in [4.78, 5) is 4.68. The van der Waals surface area contributed by atoms with E-state index >= 15 is 0 Å². The maximum Gasteiger partial charge on any atom is 0.206 e. The van der Waals surface area contributed by atoms with Gasteiger partial charge in [-0.15, -0.1) is 0 Å². The van der Waals surface area contributed by atoms with Gasteiger partial charge in [-0.25, -0.2) is 21.7 Å². The minimum atomic E-state index is -3.91. The van der Waals surface area contributed by atoms with Crippen LogP contribution in [0.1, 0.15) is 164 Å². The Morgan fingerprint density at radius 1 is 0.209 bits per heavy atom. The van der Waals surface area contributed by atoms with E-state index in [2.05, 4.69) is 378 Å². The summed E-state index contributed by atoms with van der Waals surface area (Å²) < 4.78 is 67.5. The van der Waals surface area contributed by atoms with E-state index in [0.29, 0.717) is 15.5 Å². The molecule has 0 aliphatic carbocycles. The summed E-state index contributed by atoms with van der Waals surface area (Å²) in [5.74, 6) is 0. The predicted molar refractivity (Wildman–Crippen MR) is 563 cm³/mol. The number of para-hydroxylation sites is 2. The first kappa shape index (κ1) is 89.1. The maximum absolute atomic E-state index is 14.7. The first-order chi connectivity index (χ1) is 63.6. The Kier molecular flexibility index (Phi) is 21.9. The second-order valence-corrected chi connectivity index (χ2v) is 46.2. The molecule has 0 saturated carbocycles. The van der Waals surface area contributed by atoms with Crippen molar-refractivity contribution in [2.24, 2.45) is 0 Å². The highest BCUT2D eigenvalue weighted by molar-refractivity contribution is 7.91. The monoisotopic (exact) mass is 1790 g/mol. The normalized spacial score (nSPS) is 12.7. The summed E-state index contributed by atoms with van der Waals surface area (Å²) >= 11 is 0. The third kappa shape index (κ3) is 16.1. The van der Waals surface area contributed by atoms with Crippen LogP contribution < -0.4 is 0 Å². The maximum atomic E-state index is 14.7. The van der Waals surface area contributed by atoms with Gasteiger partial charge in [-0.1, -0.05) is 276 Å². The number of fused-ring (bicyclic) bond motifs is 15. The van der Waals surface area contributed by atoms with Crippen molar-refractivity contribution in [3.05, 3.63) is 396 Å². The molecule has 0 spiro atoms. The average molecular weight is 1790 g/mol. The van der Waals surface area contributed by atoms with Crippen molar-refractivity contribution in [3.63, 3.8) is 0 Å². The Balaban J connectivity index is 0.000000133. The van der Waals surface area contributed by atoms with E-state index in [4.69, 9.17) is 6.57 Å². The highest BCUT2D eigenvalue weighted by Crippen LogP contribution is 2.46. The molecule has 0 aliphatic rings. The lowest BCUT2D eigenvalue weighted by molar-refractivity contribution is 0.590. The largest absolute Gasteiger partial charge is 0.309 e. The van der Waals surface area contributed by atoms with Crippen LogP contribution in [0.4, 0.5) is 5.69 Å². The molecular weight excluding hydrogens is 1680 g/mol. The van der Waals surface area contributed by atoms with Gasteiger partial charge in [0.1, 0.15) is 0 Å². The highest BCUT2D eigenvalue weighted by Gasteiger charge is 2.30. The molecule has 0 radical (unpaired) electrons. The van der Waals surface area contributed by atoms with Gasteiger partial charge in [-0.2, -0.15) is 0 Å². The fourth-order valence-corrected chi connectivity index (χ4v) is 21.8. The lowest BCUT2D eigenvalue weighted by Gasteiger charge is -2.19. The van der Waals surface area contributed by atoms with Gasteiger partial charge in [-0.05, 0) is 284 Å². The quantitative estimate of drug-likeness (QED) is 0.127. The molecule has 668 valence electrons. The average Bonchev–Trinajstić information content (AvgIpc) is 1.59. The Hall–Kier alpha value is -14.1. The Morgan fingerprint density at radius 3 is 0.724 bits per heavy atom. The van der Waals surface area contributed by atoms with Gasteiger partial charge < -0.3 is 22.8 Å². The van der Waals surface area contributed by atoms with Crippen molar-refractivity contribution in [1.29, 1.82) is 0 Å². The molecule has 0 N–H and O–H groups in total. The third-order valence-corrected chi connectivity index (χ3v) is 30.4. The topological polar surface area (TPSA) is 97.3 Å². The molecule has 0 aliphatic heterocycles. The summed E-state index contributed by atoms with van der Waals surface area (Å²) in [5, 5.41) is 12.0. The number of nitrogens with zero attached hydrogens (tertiary/aromatic N) is 6. The third-order valence-electron chi connectivity index (χ3n) is 26.9. The molecule has 10 nitrogen and oxygen atoms in total. The molecule has 5 heterocycles. The van der Waals surface area contributed by atoms with Crippen molar-refractivity contribution >= 4 is 134 Å². The van der Waals surface area contributed by atoms with Crippen LogP contribution in [0.3, 0.4) is 0 Å². The van der Waals surface area contributed by atoms with Crippen molar-refractivity contribution in [3.8, 4) is 39.6 Å². The minimum absolute atomic E-state index is 0.0171. The summed E-state index contributed by atoms with van der Waals surface area (Å²) in [6.45, 7) is 49.7. The first-order valence-corrected chi connectivity index (χ1v) is 49.3. The highest BCUT2D eigenvalue weighted by atomic mass is 32.2. The molecule has 0 atom stereocenters. The Bertz CT molecular complexity index is 8170. The van der Waals surface area contributed by atoms with Crippen LogP contribution in [0.5, 0.6) is 0 Å². The zero-order valence-electron chi connectivity index (χ0n) is 80.0. The lowest BCUT2D eigenvalue weighted by atomic mass is 9.85. The van der Waals surface area contributed by atoms with Crippen molar-refractivity contribution < 1.29 is 16.8 Å². The zero-order valence-corrected chi connectivity index (χ0v) is 81.7. The molecule has 0 bridgehead atoms. The van der Waals surface area contributed by atoms with E-state index < -0.39 is 19.7 Å². The van der Waals surface area contributed by atoms with E-state index in [1.54, 1.807) is 48.5 Å². The summed E-state index contributed by atoms with van der Waals surface area (Å²) in [6, 6.07) is 118. The van der Waals surface area contributed by atoms with Gasteiger partial charge in [0.15, 0.2) is 5.69 Å². The van der Waals surface area contributed by atoms with Gasteiger partial charge in [0.2, 0.25) is 19.7 Å². The Labute approximate surface area is 787 Å². The predicted octanol–water partition coefficient (Wildman–Crippen LogP) is 32.5. The van der Waals surface area contributed by atoms with Crippen LogP contribution in [0.15, 0.2) is 365 Å². The van der Waals surface area contributed by atoms with Crippen molar-refractivity contribution in [2.75, 3.05) is 0 Å².